The predicted molar refractivity (Wildman–Crippen MR) is 132 cm³/mol. The summed E-state index contributed by atoms with van der Waals surface area (Å²) >= 11 is 0. The van der Waals surface area contributed by atoms with Gasteiger partial charge in [-0.1, -0.05) is 42.0 Å². The zero-order valence-corrected chi connectivity index (χ0v) is 22.0. The van der Waals surface area contributed by atoms with Gasteiger partial charge in [0.1, 0.15) is 11.9 Å². The van der Waals surface area contributed by atoms with Crippen molar-refractivity contribution in [2.75, 3.05) is 6.54 Å². The fraction of sp³-hybridized carbons (Fsp3) is 0.536. The van der Waals surface area contributed by atoms with E-state index in [9.17, 15) is 18.0 Å². The number of carbonyl (C=O) groups excluding carboxylic acids is 1. The summed E-state index contributed by atoms with van der Waals surface area (Å²) in [5, 5.41) is 2.89. The zero-order chi connectivity index (χ0) is 27.6. The van der Waals surface area contributed by atoms with Crippen LogP contribution in [-0.4, -0.2) is 48.5 Å². The molecule has 0 bridgehead atoms. The van der Waals surface area contributed by atoms with Gasteiger partial charge in [0.25, 0.3) is 5.91 Å². The van der Waals surface area contributed by atoms with Crippen molar-refractivity contribution in [3.05, 3.63) is 65.2 Å². The number of fused-ring (bicyclic) bond motifs is 1. The molecule has 2 aliphatic rings. The average Bonchev–Trinajstić information content (AvgIpc) is 3.14. The summed E-state index contributed by atoms with van der Waals surface area (Å²) in [5.41, 5.74) is 1.24. The SMILES string of the molecule is CCNC(=O)[C@@]1(OCc2cccc(C)c2)CC(OCc2cccc(OC(F)(F)F)c2)[C@@H]2OC(C)(C)O[C@@H]2C1. The minimum Gasteiger partial charge on any atom is -0.406 e. The van der Waals surface area contributed by atoms with Crippen LogP contribution in [0.3, 0.4) is 0 Å². The minimum absolute atomic E-state index is 0.0178. The first-order valence-electron chi connectivity index (χ1n) is 12.7. The molecule has 1 aliphatic heterocycles. The summed E-state index contributed by atoms with van der Waals surface area (Å²) in [6.45, 7) is 8.02. The number of ether oxygens (including phenoxy) is 5. The van der Waals surface area contributed by atoms with Crippen LogP contribution >= 0.6 is 0 Å². The number of likely N-dealkylation sites (N-methyl/N-ethyl adjacent to an activating group) is 1. The Morgan fingerprint density at radius 1 is 1.05 bits per heavy atom. The fourth-order valence-corrected chi connectivity index (χ4v) is 5.09. The van der Waals surface area contributed by atoms with Crippen molar-refractivity contribution in [3.63, 3.8) is 0 Å². The first-order valence-corrected chi connectivity index (χ1v) is 12.7. The van der Waals surface area contributed by atoms with Gasteiger partial charge in [-0.25, -0.2) is 0 Å². The van der Waals surface area contributed by atoms with Gasteiger partial charge in [-0.05, 0) is 51.0 Å². The van der Waals surface area contributed by atoms with E-state index >= 15 is 0 Å². The van der Waals surface area contributed by atoms with Crippen LogP contribution in [-0.2, 0) is 37.0 Å². The van der Waals surface area contributed by atoms with E-state index in [0.29, 0.717) is 12.1 Å². The van der Waals surface area contributed by atoms with Gasteiger partial charge in [-0.15, -0.1) is 13.2 Å². The van der Waals surface area contributed by atoms with E-state index in [-0.39, 0.29) is 37.7 Å². The molecule has 1 amide bonds. The number of nitrogens with one attached hydrogen (secondary N) is 1. The Morgan fingerprint density at radius 3 is 2.45 bits per heavy atom. The lowest BCUT2D eigenvalue weighted by Gasteiger charge is -2.43. The number of benzene rings is 2. The number of hydrogen-bond acceptors (Lipinski definition) is 6. The standard InChI is InChI=1S/C28H34F3NO6/c1-5-32-25(33)27(35-17-19-9-6-8-18(2)12-19)14-22(24-23(15-27)37-26(3,4)38-24)34-16-20-10-7-11-21(13-20)36-28(29,30)31/h6-13,22-24H,5,14-17H2,1-4H3,(H,32,33)/t22?,23-,24+,27-/m1/s1. The van der Waals surface area contributed by atoms with E-state index in [1.165, 1.54) is 18.2 Å². The van der Waals surface area contributed by atoms with Crippen LogP contribution in [0.2, 0.25) is 0 Å². The molecule has 7 nitrogen and oxygen atoms in total. The zero-order valence-electron chi connectivity index (χ0n) is 22.0. The van der Waals surface area contributed by atoms with Gasteiger partial charge >= 0.3 is 6.36 Å². The van der Waals surface area contributed by atoms with Crippen molar-refractivity contribution in [3.8, 4) is 5.75 Å². The Labute approximate surface area is 220 Å². The van der Waals surface area contributed by atoms with Crippen LogP contribution in [0, 0.1) is 6.92 Å². The molecule has 4 atom stereocenters. The van der Waals surface area contributed by atoms with E-state index in [1.54, 1.807) is 19.9 Å². The van der Waals surface area contributed by atoms with Gasteiger partial charge < -0.3 is 29.0 Å². The molecule has 2 aromatic carbocycles. The van der Waals surface area contributed by atoms with Crippen LogP contribution in [0.15, 0.2) is 48.5 Å². The number of amides is 1. The third-order valence-corrected chi connectivity index (χ3v) is 6.59. The number of carbonyl (C=O) groups is 1. The molecule has 1 unspecified atom stereocenters. The third-order valence-electron chi connectivity index (χ3n) is 6.59. The molecule has 38 heavy (non-hydrogen) atoms. The number of aryl methyl sites for hydroxylation is 1. The highest BCUT2D eigenvalue weighted by Crippen LogP contribution is 2.44. The van der Waals surface area contributed by atoms with Crippen molar-refractivity contribution in [1.29, 1.82) is 0 Å². The molecular formula is C28H34F3NO6. The van der Waals surface area contributed by atoms with Crippen LogP contribution in [0.5, 0.6) is 5.75 Å². The highest BCUT2D eigenvalue weighted by molar-refractivity contribution is 5.85. The van der Waals surface area contributed by atoms with Crippen LogP contribution < -0.4 is 10.1 Å². The van der Waals surface area contributed by atoms with E-state index < -0.39 is 36.1 Å². The lowest BCUT2D eigenvalue weighted by Crippen LogP contribution is -2.60. The summed E-state index contributed by atoms with van der Waals surface area (Å²) in [7, 11) is 0. The summed E-state index contributed by atoms with van der Waals surface area (Å²) in [6.07, 6.45) is -5.92. The molecule has 1 saturated heterocycles. The van der Waals surface area contributed by atoms with Crippen LogP contribution in [0.1, 0.15) is 50.3 Å². The molecule has 4 rings (SSSR count). The Bertz CT molecular complexity index is 1120. The smallest absolute Gasteiger partial charge is 0.406 e. The normalized spacial score (nSPS) is 26.6. The maximum Gasteiger partial charge on any atom is 0.573 e. The summed E-state index contributed by atoms with van der Waals surface area (Å²) in [5.74, 6) is -1.50. The predicted octanol–water partition coefficient (Wildman–Crippen LogP) is 5.18. The molecule has 1 aliphatic carbocycles. The van der Waals surface area contributed by atoms with Crippen molar-refractivity contribution in [2.24, 2.45) is 0 Å². The Morgan fingerprint density at radius 2 is 1.76 bits per heavy atom. The van der Waals surface area contributed by atoms with Crippen molar-refractivity contribution >= 4 is 5.91 Å². The summed E-state index contributed by atoms with van der Waals surface area (Å²) < 4.78 is 67.0. The van der Waals surface area contributed by atoms with Gasteiger partial charge in [-0.2, -0.15) is 0 Å². The van der Waals surface area contributed by atoms with E-state index in [4.69, 9.17) is 18.9 Å². The molecule has 1 N–H and O–H groups in total. The maximum absolute atomic E-state index is 13.4. The van der Waals surface area contributed by atoms with Gasteiger partial charge in [0.15, 0.2) is 11.4 Å². The number of rotatable bonds is 9. The molecule has 0 aromatic heterocycles. The second-order valence-corrected chi connectivity index (χ2v) is 10.2. The van der Waals surface area contributed by atoms with Crippen LogP contribution in [0.25, 0.3) is 0 Å². The minimum atomic E-state index is -4.79. The molecule has 0 radical (unpaired) electrons. The third kappa shape index (κ3) is 7.05. The maximum atomic E-state index is 13.4. The number of alkyl halides is 3. The van der Waals surface area contributed by atoms with Gasteiger partial charge in [0.05, 0.1) is 25.4 Å². The molecule has 2 aromatic rings. The molecule has 0 spiro atoms. The summed E-state index contributed by atoms with van der Waals surface area (Å²) in [6, 6.07) is 13.5. The molecule has 2 fully saturated rings. The van der Waals surface area contributed by atoms with Crippen molar-refractivity contribution in [1.82, 2.24) is 5.32 Å². The van der Waals surface area contributed by atoms with Gasteiger partial charge in [0.2, 0.25) is 0 Å². The first-order chi connectivity index (χ1) is 17.9. The Balaban J connectivity index is 1.57. The van der Waals surface area contributed by atoms with E-state index in [0.717, 1.165) is 11.1 Å². The molecular weight excluding hydrogens is 503 g/mol. The van der Waals surface area contributed by atoms with E-state index in [1.807, 2.05) is 38.1 Å². The van der Waals surface area contributed by atoms with Crippen LogP contribution in [0.4, 0.5) is 13.2 Å². The fourth-order valence-electron chi connectivity index (χ4n) is 5.09. The van der Waals surface area contributed by atoms with Gasteiger partial charge in [0, 0.05) is 19.4 Å². The highest BCUT2D eigenvalue weighted by atomic mass is 19.4. The van der Waals surface area contributed by atoms with Gasteiger partial charge in [-0.3, -0.25) is 4.79 Å². The first kappa shape index (κ1) is 28.4. The monoisotopic (exact) mass is 537 g/mol. The van der Waals surface area contributed by atoms with Crippen molar-refractivity contribution in [2.45, 2.75) is 89.8 Å². The molecule has 1 saturated carbocycles. The lowest BCUT2D eigenvalue weighted by molar-refractivity contribution is -0.274. The molecule has 208 valence electrons. The summed E-state index contributed by atoms with van der Waals surface area (Å²) in [4.78, 5) is 13.4. The second-order valence-electron chi connectivity index (χ2n) is 10.2. The largest absolute Gasteiger partial charge is 0.573 e. The lowest BCUT2D eigenvalue weighted by atomic mass is 9.78. The topological polar surface area (TPSA) is 75.3 Å². The quantitative estimate of drug-likeness (QED) is 0.475. The Hall–Kier alpha value is -2.66. The van der Waals surface area contributed by atoms with E-state index in [2.05, 4.69) is 10.1 Å². The molecule has 10 heteroatoms. The second kappa shape index (κ2) is 11.2. The average molecular weight is 538 g/mol. The Kier molecular flexibility index (Phi) is 8.37. The van der Waals surface area contributed by atoms with Crippen molar-refractivity contribution < 1.29 is 41.7 Å². The number of hydrogen-bond donors (Lipinski definition) is 1. The molecule has 1 heterocycles. The highest BCUT2D eigenvalue weighted by Gasteiger charge is 2.58. The number of halogens is 3.